The van der Waals surface area contributed by atoms with E-state index in [0.717, 1.165) is 38.3 Å². The number of ether oxygens (including phenoxy) is 1. The molecule has 0 spiro atoms. The lowest BCUT2D eigenvalue weighted by Gasteiger charge is -2.35. The summed E-state index contributed by atoms with van der Waals surface area (Å²) in [5.41, 5.74) is 1.16. The second kappa shape index (κ2) is 7.99. The van der Waals surface area contributed by atoms with Crippen molar-refractivity contribution in [1.82, 2.24) is 10.2 Å². The molecule has 1 fully saturated rings. The Labute approximate surface area is 127 Å². The molecule has 0 amide bonds. The van der Waals surface area contributed by atoms with Gasteiger partial charge in [-0.05, 0) is 19.4 Å². The Morgan fingerprint density at radius 1 is 1.35 bits per heavy atom. The molecule has 112 valence electrons. The molecule has 0 aromatic heterocycles. The molecule has 1 aromatic carbocycles. The van der Waals surface area contributed by atoms with Crippen LogP contribution in [0.15, 0.2) is 30.3 Å². The Morgan fingerprint density at radius 2 is 2.10 bits per heavy atom. The van der Waals surface area contributed by atoms with Crippen molar-refractivity contribution in [3.8, 4) is 0 Å². The minimum atomic E-state index is 0.0148. The zero-order valence-electron chi connectivity index (χ0n) is 12.4. The van der Waals surface area contributed by atoms with Gasteiger partial charge in [0.2, 0.25) is 0 Å². The van der Waals surface area contributed by atoms with Gasteiger partial charge in [0.25, 0.3) is 0 Å². The van der Waals surface area contributed by atoms with E-state index in [1.54, 1.807) is 0 Å². The summed E-state index contributed by atoms with van der Waals surface area (Å²) in [7, 11) is 0. The van der Waals surface area contributed by atoms with E-state index in [9.17, 15) is 0 Å². The third kappa shape index (κ3) is 4.74. The van der Waals surface area contributed by atoms with Crippen molar-refractivity contribution in [2.75, 3.05) is 32.8 Å². The lowest BCUT2D eigenvalue weighted by atomic mass is 10.1. The highest BCUT2D eigenvalue weighted by molar-refractivity contribution is 6.21. The van der Waals surface area contributed by atoms with Crippen LogP contribution in [0.5, 0.6) is 0 Å². The number of benzene rings is 1. The van der Waals surface area contributed by atoms with Crippen LogP contribution in [0, 0.1) is 0 Å². The second-order valence-electron chi connectivity index (χ2n) is 5.62. The van der Waals surface area contributed by atoms with Gasteiger partial charge in [0.05, 0.1) is 18.1 Å². The molecule has 2 rings (SSSR count). The van der Waals surface area contributed by atoms with Crippen LogP contribution in [-0.4, -0.2) is 49.8 Å². The molecule has 1 aliphatic rings. The Morgan fingerprint density at radius 3 is 2.80 bits per heavy atom. The lowest BCUT2D eigenvalue weighted by molar-refractivity contribution is -0.0370. The number of nitrogens with zero attached hydrogens (tertiary/aromatic N) is 1. The SMILES string of the molecule is CC(C)N1CCOC(CNCC(Cl)c2ccccc2)C1. The van der Waals surface area contributed by atoms with Crippen molar-refractivity contribution in [1.29, 1.82) is 0 Å². The van der Waals surface area contributed by atoms with Gasteiger partial charge in [-0.2, -0.15) is 0 Å². The van der Waals surface area contributed by atoms with Crippen molar-refractivity contribution in [2.24, 2.45) is 0 Å². The number of hydrogen-bond donors (Lipinski definition) is 1. The van der Waals surface area contributed by atoms with E-state index < -0.39 is 0 Å². The second-order valence-corrected chi connectivity index (χ2v) is 6.14. The summed E-state index contributed by atoms with van der Waals surface area (Å²) in [4.78, 5) is 2.46. The molecular weight excluding hydrogens is 272 g/mol. The molecule has 0 bridgehead atoms. The first-order chi connectivity index (χ1) is 9.66. The fourth-order valence-corrected chi connectivity index (χ4v) is 2.74. The van der Waals surface area contributed by atoms with Gasteiger partial charge in [0, 0.05) is 32.2 Å². The minimum absolute atomic E-state index is 0.0148. The highest BCUT2D eigenvalue weighted by Crippen LogP contribution is 2.18. The van der Waals surface area contributed by atoms with Crippen molar-refractivity contribution in [2.45, 2.75) is 31.4 Å². The van der Waals surface area contributed by atoms with Gasteiger partial charge in [-0.1, -0.05) is 30.3 Å². The predicted molar refractivity (Wildman–Crippen MR) is 84.4 cm³/mol. The van der Waals surface area contributed by atoms with Crippen LogP contribution in [0.25, 0.3) is 0 Å². The molecule has 1 saturated heterocycles. The molecule has 1 aliphatic heterocycles. The number of morpholine rings is 1. The highest BCUT2D eigenvalue weighted by Gasteiger charge is 2.22. The lowest BCUT2D eigenvalue weighted by Crippen LogP contribution is -2.49. The van der Waals surface area contributed by atoms with Gasteiger partial charge < -0.3 is 10.1 Å². The summed E-state index contributed by atoms with van der Waals surface area (Å²) < 4.78 is 5.80. The van der Waals surface area contributed by atoms with Crippen LogP contribution in [0.1, 0.15) is 24.8 Å². The van der Waals surface area contributed by atoms with Gasteiger partial charge in [0.1, 0.15) is 0 Å². The van der Waals surface area contributed by atoms with E-state index in [2.05, 4.69) is 36.2 Å². The smallest absolute Gasteiger partial charge is 0.0826 e. The first-order valence-corrected chi connectivity index (χ1v) is 7.86. The van der Waals surface area contributed by atoms with Crippen molar-refractivity contribution in [3.05, 3.63) is 35.9 Å². The Bertz CT molecular complexity index is 385. The Balaban J connectivity index is 1.70. The summed E-state index contributed by atoms with van der Waals surface area (Å²) >= 11 is 6.39. The van der Waals surface area contributed by atoms with E-state index in [1.165, 1.54) is 0 Å². The van der Waals surface area contributed by atoms with Crippen molar-refractivity contribution < 1.29 is 4.74 Å². The molecule has 1 N–H and O–H groups in total. The molecule has 3 nitrogen and oxygen atoms in total. The van der Waals surface area contributed by atoms with Crippen LogP contribution in [0.3, 0.4) is 0 Å². The van der Waals surface area contributed by atoms with Gasteiger partial charge in [0.15, 0.2) is 0 Å². The van der Waals surface area contributed by atoms with E-state index in [1.807, 2.05) is 18.2 Å². The van der Waals surface area contributed by atoms with Crippen LogP contribution in [-0.2, 0) is 4.74 Å². The van der Waals surface area contributed by atoms with E-state index in [4.69, 9.17) is 16.3 Å². The summed E-state index contributed by atoms with van der Waals surface area (Å²) in [6, 6.07) is 10.8. The summed E-state index contributed by atoms with van der Waals surface area (Å²) in [6.07, 6.45) is 0.269. The van der Waals surface area contributed by atoms with Gasteiger partial charge >= 0.3 is 0 Å². The van der Waals surface area contributed by atoms with Gasteiger partial charge in [-0.3, -0.25) is 4.90 Å². The fourth-order valence-electron chi connectivity index (χ4n) is 2.49. The topological polar surface area (TPSA) is 24.5 Å². The number of halogens is 1. The number of hydrogen-bond acceptors (Lipinski definition) is 3. The summed E-state index contributed by atoms with van der Waals surface area (Å²) in [6.45, 7) is 8.97. The Kier molecular flexibility index (Phi) is 6.30. The molecule has 2 unspecified atom stereocenters. The zero-order chi connectivity index (χ0) is 14.4. The van der Waals surface area contributed by atoms with Gasteiger partial charge in [-0.25, -0.2) is 0 Å². The number of alkyl halides is 1. The third-order valence-electron chi connectivity index (χ3n) is 3.76. The maximum Gasteiger partial charge on any atom is 0.0826 e. The molecule has 4 heteroatoms. The molecule has 0 radical (unpaired) electrons. The largest absolute Gasteiger partial charge is 0.374 e. The standard InChI is InChI=1S/C16H25ClN2O/c1-13(2)19-8-9-20-15(12-19)10-18-11-16(17)14-6-4-3-5-7-14/h3-7,13,15-16,18H,8-12H2,1-2H3. The van der Waals surface area contributed by atoms with Crippen LogP contribution < -0.4 is 5.32 Å². The number of rotatable bonds is 6. The average Bonchev–Trinajstić information content (AvgIpc) is 2.48. The van der Waals surface area contributed by atoms with Gasteiger partial charge in [-0.15, -0.1) is 11.6 Å². The molecule has 0 saturated carbocycles. The van der Waals surface area contributed by atoms with Crippen LogP contribution in [0.2, 0.25) is 0 Å². The van der Waals surface area contributed by atoms with E-state index >= 15 is 0 Å². The molecule has 1 heterocycles. The Hall–Kier alpha value is -0.610. The molecule has 1 aromatic rings. The third-order valence-corrected chi connectivity index (χ3v) is 4.16. The maximum atomic E-state index is 6.39. The molecule has 20 heavy (non-hydrogen) atoms. The minimum Gasteiger partial charge on any atom is -0.374 e. The van der Waals surface area contributed by atoms with E-state index in [0.29, 0.717) is 6.04 Å². The normalized spacial score (nSPS) is 22.1. The molecule has 0 aliphatic carbocycles. The van der Waals surface area contributed by atoms with E-state index in [-0.39, 0.29) is 11.5 Å². The van der Waals surface area contributed by atoms with Crippen molar-refractivity contribution >= 4 is 11.6 Å². The van der Waals surface area contributed by atoms with Crippen LogP contribution in [0.4, 0.5) is 0 Å². The highest BCUT2D eigenvalue weighted by atomic mass is 35.5. The molecule has 2 atom stereocenters. The van der Waals surface area contributed by atoms with Crippen molar-refractivity contribution in [3.63, 3.8) is 0 Å². The van der Waals surface area contributed by atoms with Crippen LogP contribution >= 0.6 is 11.6 Å². The summed E-state index contributed by atoms with van der Waals surface area (Å²) in [5, 5.41) is 3.44. The average molecular weight is 297 g/mol. The fraction of sp³-hybridized carbons (Fsp3) is 0.625. The predicted octanol–water partition coefficient (Wildman–Crippen LogP) is 2.67. The first-order valence-electron chi connectivity index (χ1n) is 7.42. The first kappa shape index (κ1) is 15.8. The molecular formula is C16H25ClN2O. The zero-order valence-corrected chi connectivity index (χ0v) is 13.1. The quantitative estimate of drug-likeness (QED) is 0.817. The monoisotopic (exact) mass is 296 g/mol. The summed E-state index contributed by atoms with van der Waals surface area (Å²) in [5.74, 6) is 0. The number of nitrogens with one attached hydrogen (secondary N) is 1. The maximum absolute atomic E-state index is 6.39.